The minimum atomic E-state index is 0.0274. The Kier molecular flexibility index (Phi) is 3.93. The van der Waals surface area contributed by atoms with Crippen LogP contribution in [0.4, 0.5) is 0 Å². The molecule has 0 saturated carbocycles. The van der Waals surface area contributed by atoms with E-state index in [2.05, 4.69) is 20.6 Å². The summed E-state index contributed by atoms with van der Waals surface area (Å²) < 4.78 is 1.84. The molecule has 1 amide bonds. The van der Waals surface area contributed by atoms with Crippen molar-refractivity contribution in [2.45, 2.75) is 19.4 Å². The molecule has 0 aliphatic carbocycles. The van der Waals surface area contributed by atoms with Crippen molar-refractivity contribution in [3.63, 3.8) is 0 Å². The van der Waals surface area contributed by atoms with Gasteiger partial charge in [0, 0.05) is 36.5 Å². The maximum atomic E-state index is 12.2. The van der Waals surface area contributed by atoms with Gasteiger partial charge >= 0.3 is 0 Å². The van der Waals surface area contributed by atoms with E-state index >= 15 is 0 Å². The van der Waals surface area contributed by atoms with Gasteiger partial charge in [0.15, 0.2) is 0 Å². The van der Waals surface area contributed by atoms with Crippen LogP contribution in [0, 0.1) is 0 Å². The molecule has 6 heteroatoms. The third-order valence-electron chi connectivity index (χ3n) is 4.50. The van der Waals surface area contributed by atoms with Gasteiger partial charge in [-0.3, -0.25) is 14.6 Å². The van der Waals surface area contributed by atoms with Crippen molar-refractivity contribution < 1.29 is 4.79 Å². The van der Waals surface area contributed by atoms with Crippen molar-refractivity contribution in [2.24, 2.45) is 7.05 Å². The van der Waals surface area contributed by atoms with E-state index in [4.69, 9.17) is 0 Å². The van der Waals surface area contributed by atoms with Crippen molar-refractivity contribution >= 4 is 27.7 Å². The number of hydrogen-bond acceptors (Lipinski definition) is 3. The Morgan fingerprint density at radius 3 is 2.96 bits per heavy atom. The number of hydrogen-bond donors (Lipinski definition) is 2. The van der Waals surface area contributed by atoms with Gasteiger partial charge in [-0.05, 0) is 24.1 Å². The standard InChI is InChI=1S/C19H19N5O/c1-24-18-8-4-5-13(15(18)12-21-24)11-20-19(25)10-9-17-14-6-2-3-7-16(14)22-23-17/h2-8,12H,9-11H2,1H3,(H,20,25)(H,22,23). The van der Waals surface area contributed by atoms with E-state index < -0.39 is 0 Å². The van der Waals surface area contributed by atoms with E-state index in [1.54, 1.807) is 0 Å². The summed E-state index contributed by atoms with van der Waals surface area (Å²) in [4.78, 5) is 12.2. The van der Waals surface area contributed by atoms with Crippen LogP contribution < -0.4 is 5.32 Å². The molecule has 2 heterocycles. The number of benzene rings is 2. The highest BCUT2D eigenvalue weighted by molar-refractivity contribution is 5.84. The molecular weight excluding hydrogens is 314 g/mol. The summed E-state index contributed by atoms with van der Waals surface area (Å²) in [5, 5.41) is 16.7. The van der Waals surface area contributed by atoms with Crippen molar-refractivity contribution in [2.75, 3.05) is 0 Å². The second-order valence-electron chi connectivity index (χ2n) is 6.11. The zero-order valence-electron chi connectivity index (χ0n) is 14.0. The zero-order valence-corrected chi connectivity index (χ0v) is 14.0. The first-order chi connectivity index (χ1) is 12.2. The fourth-order valence-corrected chi connectivity index (χ4v) is 3.12. The van der Waals surface area contributed by atoms with Crippen LogP contribution in [-0.2, 0) is 24.8 Å². The number of carbonyl (C=O) groups excluding carboxylic acids is 1. The maximum Gasteiger partial charge on any atom is 0.220 e. The molecule has 25 heavy (non-hydrogen) atoms. The number of H-pyrrole nitrogens is 1. The summed E-state index contributed by atoms with van der Waals surface area (Å²) in [5.41, 5.74) is 4.07. The number of nitrogens with one attached hydrogen (secondary N) is 2. The Balaban J connectivity index is 1.39. The molecule has 0 aliphatic heterocycles. The molecule has 0 saturated heterocycles. The Bertz CT molecular complexity index is 1050. The number of aryl methyl sites for hydroxylation is 2. The van der Waals surface area contributed by atoms with Crippen LogP contribution in [0.15, 0.2) is 48.7 Å². The van der Waals surface area contributed by atoms with Gasteiger partial charge in [-0.15, -0.1) is 0 Å². The van der Waals surface area contributed by atoms with Crippen molar-refractivity contribution in [1.29, 1.82) is 0 Å². The number of rotatable bonds is 5. The van der Waals surface area contributed by atoms with E-state index in [0.717, 1.165) is 33.1 Å². The molecule has 0 spiro atoms. The van der Waals surface area contributed by atoms with Crippen molar-refractivity contribution in [1.82, 2.24) is 25.3 Å². The molecule has 0 bridgehead atoms. The smallest absolute Gasteiger partial charge is 0.220 e. The Hall–Kier alpha value is -3.15. The third-order valence-corrected chi connectivity index (χ3v) is 4.50. The highest BCUT2D eigenvalue weighted by Crippen LogP contribution is 2.18. The topological polar surface area (TPSA) is 75.6 Å². The number of aromatic amines is 1. The number of amides is 1. The number of aromatic nitrogens is 4. The molecule has 0 aliphatic rings. The van der Waals surface area contributed by atoms with Crippen LogP contribution in [0.2, 0.25) is 0 Å². The van der Waals surface area contributed by atoms with Crippen LogP contribution in [-0.4, -0.2) is 25.9 Å². The van der Waals surface area contributed by atoms with Crippen LogP contribution >= 0.6 is 0 Å². The van der Waals surface area contributed by atoms with E-state index in [1.807, 2.05) is 60.4 Å². The number of para-hydroxylation sites is 1. The summed E-state index contributed by atoms with van der Waals surface area (Å²) in [6.07, 6.45) is 2.91. The largest absolute Gasteiger partial charge is 0.352 e. The Morgan fingerprint density at radius 2 is 2.04 bits per heavy atom. The van der Waals surface area contributed by atoms with Gasteiger partial charge in [-0.1, -0.05) is 30.3 Å². The lowest BCUT2D eigenvalue weighted by atomic mass is 10.1. The first-order valence-corrected chi connectivity index (χ1v) is 8.30. The highest BCUT2D eigenvalue weighted by Gasteiger charge is 2.09. The fourth-order valence-electron chi connectivity index (χ4n) is 3.12. The molecule has 4 aromatic rings. The molecule has 2 N–H and O–H groups in total. The Labute approximate surface area is 144 Å². The van der Waals surface area contributed by atoms with Crippen LogP contribution in [0.3, 0.4) is 0 Å². The van der Waals surface area contributed by atoms with Crippen molar-refractivity contribution in [3.8, 4) is 0 Å². The lowest BCUT2D eigenvalue weighted by molar-refractivity contribution is -0.121. The summed E-state index contributed by atoms with van der Waals surface area (Å²) in [7, 11) is 1.92. The normalized spacial score (nSPS) is 11.2. The van der Waals surface area contributed by atoms with E-state index in [1.165, 1.54) is 0 Å². The summed E-state index contributed by atoms with van der Waals surface area (Å²) in [6.45, 7) is 0.506. The second-order valence-corrected chi connectivity index (χ2v) is 6.11. The summed E-state index contributed by atoms with van der Waals surface area (Å²) in [5.74, 6) is 0.0274. The van der Waals surface area contributed by atoms with Gasteiger partial charge < -0.3 is 5.32 Å². The van der Waals surface area contributed by atoms with Gasteiger partial charge in [-0.25, -0.2) is 0 Å². The number of fused-ring (bicyclic) bond motifs is 2. The first-order valence-electron chi connectivity index (χ1n) is 8.30. The highest BCUT2D eigenvalue weighted by atomic mass is 16.1. The quantitative estimate of drug-likeness (QED) is 0.589. The van der Waals surface area contributed by atoms with Crippen LogP contribution in [0.1, 0.15) is 17.7 Å². The average molecular weight is 333 g/mol. The van der Waals surface area contributed by atoms with Gasteiger partial charge in [0.05, 0.1) is 17.2 Å². The fraction of sp³-hybridized carbons (Fsp3) is 0.211. The van der Waals surface area contributed by atoms with E-state index in [0.29, 0.717) is 19.4 Å². The Morgan fingerprint density at radius 1 is 1.16 bits per heavy atom. The second kappa shape index (κ2) is 6.39. The summed E-state index contributed by atoms with van der Waals surface area (Å²) >= 11 is 0. The number of carbonyl (C=O) groups is 1. The van der Waals surface area contributed by atoms with Gasteiger partial charge in [0.1, 0.15) is 0 Å². The van der Waals surface area contributed by atoms with Crippen LogP contribution in [0.5, 0.6) is 0 Å². The molecule has 126 valence electrons. The summed E-state index contributed by atoms with van der Waals surface area (Å²) in [6, 6.07) is 14.0. The molecule has 4 rings (SSSR count). The van der Waals surface area contributed by atoms with Gasteiger partial charge in [0.25, 0.3) is 0 Å². The van der Waals surface area contributed by atoms with E-state index in [9.17, 15) is 4.79 Å². The average Bonchev–Trinajstić information content (AvgIpc) is 3.22. The lowest BCUT2D eigenvalue weighted by Crippen LogP contribution is -2.23. The molecule has 2 aromatic heterocycles. The predicted octanol–water partition coefficient (Wildman–Crippen LogP) is 2.70. The third kappa shape index (κ3) is 2.98. The molecule has 0 fully saturated rings. The molecule has 6 nitrogen and oxygen atoms in total. The molecule has 0 radical (unpaired) electrons. The first kappa shape index (κ1) is 15.4. The molecule has 2 aromatic carbocycles. The monoisotopic (exact) mass is 333 g/mol. The van der Waals surface area contributed by atoms with Gasteiger partial charge in [-0.2, -0.15) is 10.2 Å². The predicted molar refractivity (Wildman–Crippen MR) is 97.0 cm³/mol. The number of nitrogens with zero attached hydrogens (tertiary/aromatic N) is 3. The van der Waals surface area contributed by atoms with Crippen molar-refractivity contribution in [3.05, 3.63) is 59.9 Å². The minimum Gasteiger partial charge on any atom is -0.352 e. The minimum absolute atomic E-state index is 0.0274. The van der Waals surface area contributed by atoms with E-state index in [-0.39, 0.29) is 5.91 Å². The lowest BCUT2D eigenvalue weighted by Gasteiger charge is -2.06. The zero-order chi connectivity index (χ0) is 17.2. The van der Waals surface area contributed by atoms with Crippen LogP contribution in [0.25, 0.3) is 21.8 Å². The maximum absolute atomic E-state index is 12.2. The van der Waals surface area contributed by atoms with Gasteiger partial charge in [0.2, 0.25) is 5.91 Å². The molecule has 0 unspecified atom stereocenters. The molecular formula is C19H19N5O. The molecule has 0 atom stereocenters. The SMILES string of the molecule is Cn1ncc2c(CNC(=O)CCc3[nH]nc4ccccc34)cccc21.